The van der Waals surface area contributed by atoms with Gasteiger partial charge in [0.2, 0.25) is 0 Å². The minimum Gasteiger partial charge on any atom is -0.448 e. The van der Waals surface area contributed by atoms with E-state index in [9.17, 15) is 14.9 Å². The average molecular weight is 454 g/mol. The highest BCUT2D eigenvalue weighted by Crippen LogP contribution is 2.22. The van der Waals surface area contributed by atoms with Crippen molar-refractivity contribution in [3.63, 3.8) is 0 Å². The van der Waals surface area contributed by atoms with E-state index in [-0.39, 0.29) is 5.57 Å². The molecule has 0 fully saturated rings. The Morgan fingerprint density at radius 3 is 1.91 bits per heavy atom. The Labute approximate surface area is 200 Å². The van der Waals surface area contributed by atoms with Crippen molar-refractivity contribution in [3.05, 3.63) is 107 Å². The van der Waals surface area contributed by atoms with Crippen molar-refractivity contribution >= 4 is 23.6 Å². The smallest absolute Gasteiger partial charge is 0.349 e. The number of anilines is 1. The molecule has 3 rings (SSSR count). The fourth-order valence-electron chi connectivity index (χ4n) is 3.36. The minimum atomic E-state index is -1.09. The molecule has 0 aliphatic carbocycles. The lowest BCUT2D eigenvalue weighted by Gasteiger charge is -2.22. The van der Waals surface area contributed by atoms with E-state index in [4.69, 9.17) is 4.74 Å². The van der Waals surface area contributed by atoms with Gasteiger partial charge in [-0.1, -0.05) is 72.8 Å². The zero-order valence-electron chi connectivity index (χ0n) is 19.4. The van der Waals surface area contributed by atoms with Crippen LogP contribution in [0.15, 0.2) is 90.5 Å². The molecule has 6 nitrogen and oxygen atoms in total. The second-order valence-corrected chi connectivity index (χ2v) is 7.97. The molecule has 0 saturated carbocycles. The minimum absolute atomic E-state index is 0.181. The molecule has 1 N–H and O–H groups in total. The van der Waals surface area contributed by atoms with Crippen molar-refractivity contribution in [2.45, 2.75) is 19.1 Å². The van der Waals surface area contributed by atoms with Crippen molar-refractivity contribution in [3.8, 4) is 6.07 Å². The van der Waals surface area contributed by atoms with Gasteiger partial charge in [0, 0.05) is 19.8 Å². The molecule has 3 aromatic carbocycles. The van der Waals surface area contributed by atoms with Crippen molar-refractivity contribution in [1.82, 2.24) is 5.32 Å². The summed E-state index contributed by atoms with van der Waals surface area (Å²) < 4.78 is 5.32. The Balaban J connectivity index is 1.71. The lowest BCUT2D eigenvalue weighted by Crippen LogP contribution is -2.38. The maximum Gasteiger partial charge on any atom is 0.349 e. The molecule has 3 aromatic rings. The van der Waals surface area contributed by atoms with Crippen molar-refractivity contribution < 1.29 is 14.3 Å². The quantitative estimate of drug-likeness (QED) is 0.309. The van der Waals surface area contributed by atoms with Crippen molar-refractivity contribution in [1.29, 1.82) is 5.26 Å². The Hall–Kier alpha value is -4.37. The van der Waals surface area contributed by atoms with E-state index in [2.05, 4.69) is 5.32 Å². The van der Waals surface area contributed by atoms with E-state index < -0.39 is 24.0 Å². The van der Waals surface area contributed by atoms with E-state index in [0.717, 1.165) is 16.8 Å². The van der Waals surface area contributed by atoms with Gasteiger partial charge in [-0.3, -0.25) is 4.79 Å². The van der Waals surface area contributed by atoms with Gasteiger partial charge in [-0.25, -0.2) is 4.79 Å². The number of nitrogens with zero attached hydrogens (tertiary/aromatic N) is 2. The maximum absolute atomic E-state index is 12.9. The molecular formula is C28H27N3O3. The fraction of sp³-hybridized carbons (Fsp3) is 0.179. The Bertz CT molecular complexity index is 1140. The van der Waals surface area contributed by atoms with Gasteiger partial charge in [0.05, 0.1) is 6.04 Å². The first-order valence-corrected chi connectivity index (χ1v) is 10.9. The van der Waals surface area contributed by atoms with Gasteiger partial charge >= 0.3 is 5.97 Å². The lowest BCUT2D eigenvalue weighted by atomic mass is 9.98. The van der Waals surface area contributed by atoms with Crippen LogP contribution >= 0.6 is 0 Å². The zero-order valence-corrected chi connectivity index (χ0v) is 19.4. The van der Waals surface area contributed by atoms with E-state index >= 15 is 0 Å². The van der Waals surface area contributed by atoms with Gasteiger partial charge in [0.25, 0.3) is 5.91 Å². The van der Waals surface area contributed by atoms with Crippen LogP contribution in [-0.4, -0.2) is 32.1 Å². The van der Waals surface area contributed by atoms with Crippen LogP contribution in [-0.2, 0) is 14.3 Å². The molecule has 0 spiro atoms. The number of hydrogen-bond donors (Lipinski definition) is 1. The summed E-state index contributed by atoms with van der Waals surface area (Å²) in [5, 5.41) is 12.4. The molecular weight excluding hydrogens is 426 g/mol. The third-order valence-electron chi connectivity index (χ3n) is 5.27. The van der Waals surface area contributed by atoms with Crippen molar-refractivity contribution in [2.24, 2.45) is 0 Å². The van der Waals surface area contributed by atoms with E-state index in [1.54, 1.807) is 12.1 Å². The van der Waals surface area contributed by atoms with Gasteiger partial charge in [-0.2, -0.15) is 5.26 Å². The molecule has 0 radical (unpaired) electrons. The van der Waals surface area contributed by atoms with Gasteiger partial charge in [-0.05, 0) is 41.8 Å². The molecule has 0 saturated heterocycles. The number of rotatable bonds is 8. The molecule has 0 aliphatic heterocycles. The second-order valence-electron chi connectivity index (χ2n) is 7.97. The van der Waals surface area contributed by atoms with Crippen LogP contribution < -0.4 is 10.2 Å². The van der Waals surface area contributed by atoms with E-state index in [1.165, 1.54) is 13.0 Å². The van der Waals surface area contributed by atoms with Crippen LogP contribution in [0.3, 0.4) is 0 Å². The summed E-state index contributed by atoms with van der Waals surface area (Å²) in [7, 11) is 3.85. The molecule has 172 valence electrons. The summed E-state index contributed by atoms with van der Waals surface area (Å²) >= 11 is 0. The first-order chi connectivity index (χ1) is 16.4. The molecule has 34 heavy (non-hydrogen) atoms. The second kappa shape index (κ2) is 11.5. The molecule has 0 aromatic heterocycles. The Morgan fingerprint density at radius 2 is 1.44 bits per heavy atom. The van der Waals surface area contributed by atoms with E-state index in [0.29, 0.717) is 5.56 Å². The van der Waals surface area contributed by atoms with Crippen molar-refractivity contribution in [2.75, 3.05) is 19.0 Å². The first kappa shape index (κ1) is 24.3. The number of carbonyl (C=O) groups excluding carboxylic acids is 2. The number of esters is 1. The van der Waals surface area contributed by atoms with Crippen LogP contribution in [0.5, 0.6) is 0 Å². The molecule has 0 heterocycles. The summed E-state index contributed by atoms with van der Waals surface area (Å²) in [6.07, 6.45) is 0.360. The highest BCUT2D eigenvalue weighted by molar-refractivity contribution is 5.99. The number of hydrogen-bond acceptors (Lipinski definition) is 5. The van der Waals surface area contributed by atoms with Gasteiger partial charge in [0.15, 0.2) is 6.10 Å². The number of amides is 1. The number of benzene rings is 3. The SMILES string of the molecule is CC(OC(=O)C(C#N)=Cc1ccc(N(C)C)cc1)C(=O)NC(c1ccccc1)c1ccccc1. The summed E-state index contributed by atoms with van der Waals surface area (Å²) in [6, 6.07) is 27.9. The van der Waals surface area contributed by atoms with Crippen LogP contribution in [0.1, 0.15) is 29.7 Å². The number of carbonyl (C=O) groups is 2. The van der Waals surface area contributed by atoms with Gasteiger partial charge < -0.3 is 15.0 Å². The predicted molar refractivity (Wildman–Crippen MR) is 133 cm³/mol. The summed E-state index contributed by atoms with van der Waals surface area (Å²) in [4.78, 5) is 27.5. The fourth-order valence-corrected chi connectivity index (χ4v) is 3.36. The first-order valence-electron chi connectivity index (χ1n) is 10.9. The molecule has 1 atom stereocenters. The summed E-state index contributed by atoms with van der Waals surface area (Å²) in [6.45, 7) is 1.49. The van der Waals surface area contributed by atoms with Crippen LogP contribution in [0, 0.1) is 11.3 Å². The number of ether oxygens (including phenoxy) is 1. The Kier molecular flexibility index (Phi) is 8.20. The van der Waals surface area contributed by atoms with Crippen LogP contribution in [0.2, 0.25) is 0 Å². The van der Waals surface area contributed by atoms with Gasteiger partial charge in [-0.15, -0.1) is 0 Å². The lowest BCUT2D eigenvalue weighted by molar-refractivity contribution is -0.150. The molecule has 1 amide bonds. The topological polar surface area (TPSA) is 82.4 Å². The summed E-state index contributed by atoms with van der Waals surface area (Å²) in [5.74, 6) is -1.31. The largest absolute Gasteiger partial charge is 0.448 e. The summed E-state index contributed by atoms with van der Waals surface area (Å²) in [5.41, 5.74) is 3.30. The molecule has 6 heteroatoms. The standard InChI is InChI=1S/C28H27N3O3/c1-20(34-28(33)24(19-29)18-21-14-16-25(17-15-21)31(2)3)27(32)30-26(22-10-6-4-7-11-22)23-12-8-5-9-13-23/h4-18,20,26H,1-3H3,(H,30,32). The predicted octanol–water partition coefficient (Wildman–Crippen LogP) is 4.50. The highest BCUT2D eigenvalue weighted by Gasteiger charge is 2.24. The highest BCUT2D eigenvalue weighted by atomic mass is 16.5. The third-order valence-corrected chi connectivity index (χ3v) is 5.27. The van der Waals surface area contributed by atoms with E-state index in [1.807, 2.05) is 97.9 Å². The van der Waals surface area contributed by atoms with Crippen LogP contribution in [0.4, 0.5) is 5.69 Å². The number of nitriles is 1. The molecule has 0 bridgehead atoms. The Morgan fingerprint density at radius 1 is 0.912 bits per heavy atom. The maximum atomic E-state index is 12.9. The third kappa shape index (κ3) is 6.33. The molecule has 0 aliphatic rings. The number of nitrogens with one attached hydrogen (secondary N) is 1. The van der Waals surface area contributed by atoms with Crippen LogP contribution in [0.25, 0.3) is 6.08 Å². The average Bonchev–Trinajstić information content (AvgIpc) is 2.86. The zero-order chi connectivity index (χ0) is 24.5. The normalized spacial score (nSPS) is 11.9. The molecule has 1 unspecified atom stereocenters. The van der Waals surface area contributed by atoms with Gasteiger partial charge in [0.1, 0.15) is 11.6 Å². The monoisotopic (exact) mass is 453 g/mol.